The zero-order valence-electron chi connectivity index (χ0n) is 14.6. The molecule has 0 fully saturated rings. The second-order valence-electron chi connectivity index (χ2n) is 7.34. The number of rotatable bonds is 4. The van der Waals surface area contributed by atoms with Gasteiger partial charge in [0.2, 0.25) is 0 Å². The molecule has 3 nitrogen and oxygen atoms in total. The first-order valence-corrected chi connectivity index (χ1v) is 8.70. The van der Waals surface area contributed by atoms with Crippen LogP contribution in [0.3, 0.4) is 0 Å². The first-order valence-electron chi connectivity index (χ1n) is 8.70. The molecule has 0 bridgehead atoms. The van der Waals surface area contributed by atoms with Crippen LogP contribution in [0.15, 0.2) is 24.4 Å². The summed E-state index contributed by atoms with van der Waals surface area (Å²) < 4.78 is 2.02. The maximum Gasteiger partial charge on any atom is 0.166 e. The average molecular weight is 310 g/mol. The SMILES string of the molecule is CC(C)Cc1ccc(C(C)C)c(-n2ncc3c2CCCC3=O)c1. The molecule has 1 heterocycles. The largest absolute Gasteiger partial charge is 0.294 e. The number of aromatic nitrogens is 2. The third kappa shape index (κ3) is 3.10. The van der Waals surface area contributed by atoms with E-state index in [2.05, 4.69) is 51.0 Å². The number of benzene rings is 1. The van der Waals surface area contributed by atoms with E-state index < -0.39 is 0 Å². The zero-order valence-corrected chi connectivity index (χ0v) is 14.6. The van der Waals surface area contributed by atoms with Crippen LogP contribution >= 0.6 is 0 Å². The Kier molecular flexibility index (Phi) is 4.38. The van der Waals surface area contributed by atoms with Crippen LogP contribution in [0.5, 0.6) is 0 Å². The van der Waals surface area contributed by atoms with Crippen molar-refractivity contribution in [3.05, 3.63) is 46.8 Å². The zero-order chi connectivity index (χ0) is 16.6. The highest BCUT2D eigenvalue weighted by molar-refractivity contribution is 5.98. The lowest BCUT2D eigenvalue weighted by atomic mass is 9.94. The Morgan fingerprint density at radius 1 is 1.17 bits per heavy atom. The molecule has 1 aromatic heterocycles. The maximum absolute atomic E-state index is 12.1. The highest BCUT2D eigenvalue weighted by Crippen LogP contribution is 2.29. The molecule has 122 valence electrons. The van der Waals surface area contributed by atoms with E-state index >= 15 is 0 Å². The summed E-state index contributed by atoms with van der Waals surface area (Å²) in [5.74, 6) is 1.29. The van der Waals surface area contributed by atoms with Gasteiger partial charge in [0, 0.05) is 6.42 Å². The minimum Gasteiger partial charge on any atom is -0.294 e. The van der Waals surface area contributed by atoms with Crippen molar-refractivity contribution in [1.29, 1.82) is 0 Å². The topological polar surface area (TPSA) is 34.9 Å². The molecule has 0 aliphatic heterocycles. The van der Waals surface area contributed by atoms with Crippen molar-refractivity contribution in [1.82, 2.24) is 9.78 Å². The molecule has 2 aromatic rings. The maximum atomic E-state index is 12.1. The van der Waals surface area contributed by atoms with Crippen molar-refractivity contribution in [3.8, 4) is 5.69 Å². The summed E-state index contributed by atoms with van der Waals surface area (Å²) in [6, 6.07) is 6.73. The predicted molar refractivity (Wildman–Crippen MR) is 93.5 cm³/mol. The Morgan fingerprint density at radius 2 is 1.96 bits per heavy atom. The Bertz CT molecular complexity index is 725. The number of nitrogens with zero attached hydrogens (tertiary/aromatic N) is 2. The molecule has 0 saturated carbocycles. The number of fused-ring (bicyclic) bond motifs is 1. The van der Waals surface area contributed by atoms with Gasteiger partial charge in [0.25, 0.3) is 0 Å². The van der Waals surface area contributed by atoms with Crippen molar-refractivity contribution in [2.75, 3.05) is 0 Å². The first-order chi connectivity index (χ1) is 11.0. The summed E-state index contributed by atoms with van der Waals surface area (Å²) in [6.45, 7) is 8.90. The lowest BCUT2D eigenvalue weighted by molar-refractivity contribution is 0.0972. The summed E-state index contributed by atoms with van der Waals surface area (Å²) in [4.78, 5) is 12.1. The molecule has 0 radical (unpaired) electrons. The van der Waals surface area contributed by atoms with Crippen LogP contribution in [0.2, 0.25) is 0 Å². The quantitative estimate of drug-likeness (QED) is 0.819. The van der Waals surface area contributed by atoms with Crippen LogP contribution in [-0.4, -0.2) is 15.6 Å². The first kappa shape index (κ1) is 16.0. The monoisotopic (exact) mass is 310 g/mol. The molecule has 1 aromatic carbocycles. The van der Waals surface area contributed by atoms with Crippen molar-refractivity contribution in [2.24, 2.45) is 5.92 Å². The summed E-state index contributed by atoms with van der Waals surface area (Å²) >= 11 is 0. The molecule has 0 saturated heterocycles. The standard InChI is InChI=1S/C20H26N2O/c1-13(2)10-15-8-9-16(14(3)4)19(11-15)22-18-6-5-7-20(23)17(18)12-21-22/h8-9,11-14H,5-7,10H2,1-4H3. The summed E-state index contributed by atoms with van der Waals surface area (Å²) in [5, 5.41) is 4.58. The van der Waals surface area contributed by atoms with E-state index in [4.69, 9.17) is 0 Å². The van der Waals surface area contributed by atoms with E-state index in [0.29, 0.717) is 18.3 Å². The lowest BCUT2D eigenvalue weighted by Crippen LogP contribution is -2.14. The molecular formula is C20H26N2O. The van der Waals surface area contributed by atoms with Crippen molar-refractivity contribution in [3.63, 3.8) is 0 Å². The lowest BCUT2D eigenvalue weighted by Gasteiger charge is -2.19. The summed E-state index contributed by atoms with van der Waals surface area (Å²) in [7, 11) is 0. The fourth-order valence-corrected chi connectivity index (χ4v) is 3.47. The Balaban J connectivity index is 2.12. The second kappa shape index (κ2) is 6.31. The smallest absolute Gasteiger partial charge is 0.166 e. The molecule has 1 aliphatic carbocycles. The second-order valence-corrected chi connectivity index (χ2v) is 7.34. The average Bonchev–Trinajstić information content (AvgIpc) is 2.91. The van der Waals surface area contributed by atoms with E-state index in [1.807, 2.05) is 4.68 Å². The van der Waals surface area contributed by atoms with Crippen molar-refractivity contribution < 1.29 is 4.79 Å². The molecule has 0 spiro atoms. The summed E-state index contributed by atoms with van der Waals surface area (Å²) in [6.07, 6.45) is 5.35. The normalized spacial score (nSPS) is 14.6. The number of carbonyl (C=O) groups excluding carboxylic acids is 1. The highest BCUT2D eigenvalue weighted by atomic mass is 16.1. The Labute approximate surface area is 138 Å². The van der Waals surface area contributed by atoms with Crippen LogP contribution < -0.4 is 0 Å². The van der Waals surface area contributed by atoms with Crippen LogP contribution in [0.25, 0.3) is 5.69 Å². The molecule has 0 unspecified atom stereocenters. The van der Waals surface area contributed by atoms with Crippen LogP contribution in [-0.2, 0) is 12.8 Å². The van der Waals surface area contributed by atoms with E-state index in [-0.39, 0.29) is 5.78 Å². The van der Waals surface area contributed by atoms with Gasteiger partial charge >= 0.3 is 0 Å². The fraction of sp³-hybridized carbons (Fsp3) is 0.500. The molecule has 3 heteroatoms. The van der Waals surface area contributed by atoms with Gasteiger partial charge in [0.15, 0.2) is 5.78 Å². The third-order valence-electron chi connectivity index (χ3n) is 4.58. The molecule has 23 heavy (non-hydrogen) atoms. The van der Waals surface area contributed by atoms with Gasteiger partial charge in [0.1, 0.15) is 0 Å². The fourth-order valence-electron chi connectivity index (χ4n) is 3.47. The molecule has 1 aliphatic rings. The minimum absolute atomic E-state index is 0.238. The van der Waals surface area contributed by atoms with Gasteiger partial charge in [-0.15, -0.1) is 0 Å². The van der Waals surface area contributed by atoms with E-state index in [1.165, 1.54) is 11.1 Å². The summed E-state index contributed by atoms with van der Waals surface area (Å²) in [5.41, 5.74) is 5.69. The molecule has 3 rings (SSSR count). The number of carbonyl (C=O) groups is 1. The third-order valence-corrected chi connectivity index (χ3v) is 4.58. The van der Waals surface area contributed by atoms with Crippen LogP contribution in [0.1, 0.15) is 73.6 Å². The van der Waals surface area contributed by atoms with Gasteiger partial charge in [-0.3, -0.25) is 4.79 Å². The minimum atomic E-state index is 0.238. The van der Waals surface area contributed by atoms with Crippen molar-refractivity contribution in [2.45, 2.75) is 59.3 Å². The Hall–Kier alpha value is -1.90. The van der Waals surface area contributed by atoms with Gasteiger partial charge in [-0.25, -0.2) is 4.68 Å². The van der Waals surface area contributed by atoms with Gasteiger partial charge in [0.05, 0.1) is 23.1 Å². The number of hydrogen-bond acceptors (Lipinski definition) is 2. The number of ketones is 1. The van der Waals surface area contributed by atoms with E-state index in [9.17, 15) is 4.79 Å². The van der Waals surface area contributed by atoms with Gasteiger partial charge in [-0.1, -0.05) is 39.8 Å². The number of hydrogen-bond donors (Lipinski definition) is 0. The van der Waals surface area contributed by atoms with E-state index in [0.717, 1.165) is 36.2 Å². The van der Waals surface area contributed by atoms with Crippen molar-refractivity contribution >= 4 is 5.78 Å². The van der Waals surface area contributed by atoms with Gasteiger partial charge in [-0.05, 0) is 48.3 Å². The van der Waals surface area contributed by atoms with Crippen LogP contribution in [0.4, 0.5) is 0 Å². The molecule has 0 atom stereocenters. The predicted octanol–water partition coefficient (Wildman–Crippen LogP) is 4.71. The van der Waals surface area contributed by atoms with Gasteiger partial charge in [-0.2, -0.15) is 5.10 Å². The van der Waals surface area contributed by atoms with Crippen LogP contribution in [0, 0.1) is 5.92 Å². The molecule has 0 N–H and O–H groups in total. The Morgan fingerprint density at radius 3 is 2.65 bits per heavy atom. The highest BCUT2D eigenvalue weighted by Gasteiger charge is 2.23. The molecule has 0 amide bonds. The molecular weight excluding hydrogens is 284 g/mol. The van der Waals surface area contributed by atoms with Gasteiger partial charge < -0.3 is 0 Å². The van der Waals surface area contributed by atoms with E-state index in [1.54, 1.807) is 6.20 Å². The number of Topliss-reactive ketones (excluding diaryl/α,β-unsaturated/α-hetero) is 1.